The van der Waals surface area contributed by atoms with E-state index in [0.717, 1.165) is 6.42 Å². The van der Waals surface area contributed by atoms with Crippen LogP contribution in [0.15, 0.2) is 24.3 Å². The molecule has 0 aliphatic heterocycles. The summed E-state index contributed by atoms with van der Waals surface area (Å²) in [4.78, 5) is 0. The van der Waals surface area contributed by atoms with Crippen LogP contribution in [0.2, 0.25) is 0 Å². The van der Waals surface area contributed by atoms with Crippen LogP contribution in [-0.4, -0.2) is 32.0 Å². The first kappa shape index (κ1) is 14.8. The van der Waals surface area contributed by atoms with Crippen LogP contribution in [-0.2, 0) is 10.0 Å². The Morgan fingerprint density at radius 2 is 2.17 bits per heavy atom. The second-order valence-corrected chi connectivity index (χ2v) is 5.85. The Bertz CT molecular complexity index is 473. The highest BCUT2D eigenvalue weighted by Gasteiger charge is 2.10. The van der Waals surface area contributed by atoms with Gasteiger partial charge in [-0.25, -0.2) is 8.42 Å². The van der Waals surface area contributed by atoms with Gasteiger partial charge < -0.3 is 9.84 Å². The molecule has 5 nitrogen and oxygen atoms in total. The Morgan fingerprint density at radius 3 is 2.78 bits per heavy atom. The zero-order valence-corrected chi connectivity index (χ0v) is 11.4. The minimum absolute atomic E-state index is 0.0781. The quantitative estimate of drug-likeness (QED) is 0.791. The average Bonchev–Trinajstić information content (AvgIpc) is 2.28. The summed E-state index contributed by atoms with van der Waals surface area (Å²) in [6, 6.07) is 6.75. The Morgan fingerprint density at radius 1 is 1.44 bits per heavy atom. The zero-order chi connectivity index (χ0) is 13.6. The fourth-order valence-corrected chi connectivity index (χ4v) is 2.13. The van der Waals surface area contributed by atoms with E-state index in [1.54, 1.807) is 24.3 Å². The molecule has 0 amide bonds. The molecule has 18 heavy (non-hydrogen) atoms. The summed E-state index contributed by atoms with van der Waals surface area (Å²) in [5.74, 6) is 0.303. The first-order valence-corrected chi connectivity index (χ1v) is 7.50. The molecule has 0 saturated heterocycles. The lowest BCUT2D eigenvalue weighted by Gasteiger charge is -2.14. The van der Waals surface area contributed by atoms with Gasteiger partial charge in [0.2, 0.25) is 10.0 Å². The Hall–Kier alpha value is -1.27. The summed E-state index contributed by atoms with van der Waals surface area (Å²) in [7, 11) is -3.49. The monoisotopic (exact) mass is 273 g/mol. The van der Waals surface area contributed by atoms with Crippen LogP contribution in [0.4, 0.5) is 5.69 Å². The van der Waals surface area contributed by atoms with Crippen LogP contribution in [0.1, 0.15) is 20.3 Å². The van der Waals surface area contributed by atoms with E-state index < -0.39 is 16.6 Å². The Kier molecular flexibility index (Phi) is 5.43. The molecule has 0 heterocycles. The molecular weight excluding hydrogens is 254 g/mol. The van der Waals surface area contributed by atoms with Crippen molar-refractivity contribution in [2.24, 2.45) is 0 Å². The van der Waals surface area contributed by atoms with Gasteiger partial charge in [0.15, 0.2) is 0 Å². The van der Waals surface area contributed by atoms with E-state index in [0.29, 0.717) is 11.4 Å². The van der Waals surface area contributed by atoms with E-state index in [-0.39, 0.29) is 11.9 Å². The predicted octanol–water partition coefficient (Wildman–Crippen LogP) is 1.60. The maximum atomic E-state index is 11.5. The number of hydrogen-bond acceptors (Lipinski definition) is 4. The van der Waals surface area contributed by atoms with Crippen molar-refractivity contribution in [3.8, 4) is 5.75 Å². The highest BCUT2D eigenvalue weighted by molar-refractivity contribution is 7.92. The van der Waals surface area contributed by atoms with Crippen molar-refractivity contribution in [3.05, 3.63) is 24.3 Å². The number of anilines is 1. The maximum Gasteiger partial charge on any atom is 0.234 e. The molecular formula is C12H19NO4S. The summed E-state index contributed by atoms with van der Waals surface area (Å²) < 4.78 is 30.9. The Balaban J connectivity index is 2.76. The third-order valence-corrected chi connectivity index (χ3v) is 3.65. The van der Waals surface area contributed by atoms with Crippen molar-refractivity contribution in [1.29, 1.82) is 0 Å². The van der Waals surface area contributed by atoms with Crippen molar-refractivity contribution in [2.45, 2.75) is 26.4 Å². The standard InChI is InChI=1S/C12H19NO4S/c1-3-10(2)17-12-6-4-5-11(9-12)13-18(15,16)8-7-14/h4-6,9-10,13-14H,3,7-8H2,1-2H3. The van der Waals surface area contributed by atoms with Gasteiger partial charge in [0, 0.05) is 6.07 Å². The van der Waals surface area contributed by atoms with Gasteiger partial charge in [-0.3, -0.25) is 4.72 Å². The van der Waals surface area contributed by atoms with E-state index in [1.165, 1.54) is 0 Å². The molecule has 1 atom stereocenters. The molecule has 0 spiro atoms. The lowest BCUT2D eigenvalue weighted by Crippen LogP contribution is -2.19. The predicted molar refractivity (Wildman–Crippen MR) is 71.3 cm³/mol. The molecule has 1 rings (SSSR count). The van der Waals surface area contributed by atoms with Crippen LogP contribution in [0.3, 0.4) is 0 Å². The second-order valence-electron chi connectivity index (χ2n) is 4.01. The molecule has 1 aromatic rings. The van der Waals surface area contributed by atoms with Gasteiger partial charge in [-0.2, -0.15) is 0 Å². The minimum atomic E-state index is -3.49. The van der Waals surface area contributed by atoms with E-state index in [4.69, 9.17) is 9.84 Å². The van der Waals surface area contributed by atoms with E-state index in [9.17, 15) is 8.42 Å². The number of rotatable bonds is 7. The van der Waals surface area contributed by atoms with Gasteiger partial charge >= 0.3 is 0 Å². The highest BCUT2D eigenvalue weighted by Crippen LogP contribution is 2.20. The maximum absolute atomic E-state index is 11.5. The lowest BCUT2D eigenvalue weighted by atomic mass is 10.3. The summed E-state index contributed by atoms with van der Waals surface area (Å²) >= 11 is 0. The van der Waals surface area contributed by atoms with Gasteiger partial charge in [0.05, 0.1) is 24.2 Å². The van der Waals surface area contributed by atoms with E-state index in [2.05, 4.69) is 4.72 Å². The van der Waals surface area contributed by atoms with Crippen LogP contribution in [0.25, 0.3) is 0 Å². The second kappa shape index (κ2) is 6.61. The summed E-state index contributed by atoms with van der Waals surface area (Å²) in [6.45, 7) is 3.56. The topological polar surface area (TPSA) is 75.6 Å². The fourth-order valence-electron chi connectivity index (χ4n) is 1.30. The van der Waals surface area contributed by atoms with Crippen molar-refractivity contribution >= 4 is 15.7 Å². The summed E-state index contributed by atoms with van der Waals surface area (Å²) in [5, 5.41) is 8.64. The number of aliphatic hydroxyl groups excluding tert-OH is 1. The Labute approximate surface area is 108 Å². The molecule has 0 bridgehead atoms. The van der Waals surface area contributed by atoms with Crippen LogP contribution in [0, 0.1) is 0 Å². The van der Waals surface area contributed by atoms with Crippen LogP contribution in [0.5, 0.6) is 5.75 Å². The molecule has 1 aromatic carbocycles. The van der Waals surface area contributed by atoms with Gasteiger partial charge in [0.1, 0.15) is 5.75 Å². The van der Waals surface area contributed by atoms with Gasteiger partial charge in [-0.05, 0) is 25.5 Å². The van der Waals surface area contributed by atoms with Gasteiger partial charge in [0.25, 0.3) is 0 Å². The number of hydrogen-bond donors (Lipinski definition) is 2. The number of nitrogens with one attached hydrogen (secondary N) is 1. The normalized spacial score (nSPS) is 13.1. The number of sulfonamides is 1. The SMILES string of the molecule is CCC(C)Oc1cccc(NS(=O)(=O)CCO)c1. The molecule has 1 unspecified atom stereocenters. The molecule has 0 aromatic heterocycles. The van der Waals surface area contributed by atoms with Crippen molar-refractivity contribution in [3.63, 3.8) is 0 Å². The molecule has 2 N–H and O–H groups in total. The molecule has 0 fully saturated rings. The molecule has 102 valence electrons. The highest BCUT2D eigenvalue weighted by atomic mass is 32.2. The van der Waals surface area contributed by atoms with E-state index >= 15 is 0 Å². The summed E-state index contributed by atoms with van der Waals surface area (Å²) in [6.07, 6.45) is 0.954. The molecule has 0 aliphatic rings. The molecule has 0 aliphatic carbocycles. The molecule has 6 heteroatoms. The first-order chi connectivity index (χ1) is 8.46. The molecule has 0 saturated carbocycles. The van der Waals surface area contributed by atoms with Crippen molar-refractivity contribution < 1.29 is 18.3 Å². The largest absolute Gasteiger partial charge is 0.491 e. The minimum Gasteiger partial charge on any atom is -0.491 e. The smallest absolute Gasteiger partial charge is 0.234 e. The van der Waals surface area contributed by atoms with Gasteiger partial charge in [-0.1, -0.05) is 13.0 Å². The van der Waals surface area contributed by atoms with Crippen molar-refractivity contribution in [1.82, 2.24) is 0 Å². The number of ether oxygens (including phenoxy) is 1. The first-order valence-electron chi connectivity index (χ1n) is 5.85. The number of aliphatic hydroxyl groups is 1. The molecule has 0 radical (unpaired) electrons. The third-order valence-electron chi connectivity index (χ3n) is 2.38. The summed E-state index contributed by atoms with van der Waals surface area (Å²) in [5.41, 5.74) is 0.434. The van der Waals surface area contributed by atoms with Crippen LogP contribution >= 0.6 is 0 Å². The zero-order valence-electron chi connectivity index (χ0n) is 10.6. The average molecular weight is 273 g/mol. The fraction of sp³-hybridized carbons (Fsp3) is 0.500. The lowest BCUT2D eigenvalue weighted by molar-refractivity contribution is 0.217. The van der Waals surface area contributed by atoms with E-state index in [1.807, 2.05) is 13.8 Å². The van der Waals surface area contributed by atoms with Crippen molar-refractivity contribution in [2.75, 3.05) is 17.1 Å². The number of benzene rings is 1. The van der Waals surface area contributed by atoms with Gasteiger partial charge in [-0.15, -0.1) is 0 Å². The van der Waals surface area contributed by atoms with Crippen LogP contribution < -0.4 is 9.46 Å². The third kappa shape index (κ3) is 4.93.